The van der Waals surface area contributed by atoms with E-state index in [1.54, 1.807) is 0 Å². The second-order valence-electron chi connectivity index (χ2n) is 6.85. The SMILES string of the molecule is CN1CCN(CCn2c3cc(N)ccc3c3ccc(N)cc32)CC1. The van der Waals surface area contributed by atoms with Gasteiger partial charge in [-0.2, -0.15) is 0 Å². The average molecular weight is 323 g/mol. The Bertz CT molecular complexity index is 815. The van der Waals surface area contributed by atoms with Crippen LogP contribution in [0.25, 0.3) is 21.8 Å². The predicted octanol–water partition coefficient (Wildman–Crippen LogP) is 2.21. The van der Waals surface area contributed by atoms with Gasteiger partial charge in [-0.25, -0.2) is 0 Å². The molecule has 1 fully saturated rings. The molecule has 2 aromatic carbocycles. The molecule has 0 atom stereocenters. The molecular weight excluding hydrogens is 298 g/mol. The molecule has 1 aromatic heterocycles. The van der Waals surface area contributed by atoms with Gasteiger partial charge in [-0.05, 0) is 31.3 Å². The van der Waals surface area contributed by atoms with E-state index >= 15 is 0 Å². The van der Waals surface area contributed by atoms with Crippen LogP contribution in [0.2, 0.25) is 0 Å². The molecule has 126 valence electrons. The van der Waals surface area contributed by atoms with Gasteiger partial charge in [-0.3, -0.25) is 4.90 Å². The Kier molecular flexibility index (Phi) is 3.82. The molecule has 0 spiro atoms. The van der Waals surface area contributed by atoms with Crippen molar-refractivity contribution in [2.75, 3.05) is 51.2 Å². The zero-order valence-corrected chi connectivity index (χ0v) is 14.2. The summed E-state index contributed by atoms with van der Waals surface area (Å²) in [4.78, 5) is 4.93. The van der Waals surface area contributed by atoms with E-state index in [0.29, 0.717) is 0 Å². The first-order chi connectivity index (χ1) is 11.6. The summed E-state index contributed by atoms with van der Waals surface area (Å²) in [7, 11) is 2.19. The van der Waals surface area contributed by atoms with Crippen molar-refractivity contribution < 1.29 is 0 Å². The summed E-state index contributed by atoms with van der Waals surface area (Å²) in [5.74, 6) is 0. The Labute approximate surface area is 142 Å². The summed E-state index contributed by atoms with van der Waals surface area (Å²) in [6.07, 6.45) is 0. The van der Waals surface area contributed by atoms with Gasteiger partial charge < -0.3 is 20.9 Å². The maximum atomic E-state index is 6.04. The first-order valence-electron chi connectivity index (χ1n) is 8.60. The lowest BCUT2D eigenvalue weighted by molar-refractivity contribution is 0.151. The number of piperazine rings is 1. The molecule has 2 heterocycles. The van der Waals surface area contributed by atoms with Gasteiger partial charge >= 0.3 is 0 Å². The number of fused-ring (bicyclic) bond motifs is 3. The maximum Gasteiger partial charge on any atom is 0.0512 e. The molecule has 1 aliphatic heterocycles. The van der Waals surface area contributed by atoms with Crippen LogP contribution in [0.15, 0.2) is 36.4 Å². The average Bonchev–Trinajstić information content (AvgIpc) is 2.86. The molecule has 0 radical (unpaired) electrons. The molecule has 24 heavy (non-hydrogen) atoms. The number of nitrogen functional groups attached to an aromatic ring is 2. The molecule has 3 aromatic rings. The second-order valence-corrected chi connectivity index (χ2v) is 6.85. The van der Waals surface area contributed by atoms with Crippen LogP contribution in [0.3, 0.4) is 0 Å². The fourth-order valence-corrected chi connectivity index (χ4v) is 3.68. The molecule has 5 heteroatoms. The van der Waals surface area contributed by atoms with E-state index < -0.39 is 0 Å². The van der Waals surface area contributed by atoms with E-state index in [0.717, 1.165) is 50.6 Å². The van der Waals surface area contributed by atoms with Crippen molar-refractivity contribution in [1.29, 1.82) is 0 Å². The van der Waals surface area contributed by atoms with Crippen LogP contribution in [0, 0.1) is 0 Å². The van der Waals surface area contributed by atoms with Gasteiger partial charge in [0.05, 0.1) is 11.0 Å². The van der Waals surface area contributed by atoms with Crippen molar-refractivity contribution in [3.05, 3.63) is 36.4 Å². The van der Waals surface area contributed by atoms with Crippen LogP contribution < -0.4 is 11.5 Å². The zero-order chi connectivity index (χ0) is 16.7. The number of anilines is 2. The Balaban J connectivity index is 1.71. The third-order valence-corrected chi connectivity index (χ3v) is 5.15. The number of rotatable bonds is 3. The zero-order valence-electron chi connectivity index (χ0n) is 14.2. The molecule has 4 N–H and O–H groups in total. The molecule has 0 unspecified atom stereocenters. The predicted molar refractivity (Wildman–Crippen MR) is 102 cm³/mol. The van der Waals surface area contributed by atoms with Crippen molar-refractivity contribution in [3.8, 4) is 0 Å². The molecule has 1 aliphatic rings. The van der Waals surface area contributed by atoms with E-state index in [4.69, 9.17) is 11.5 Å². The topological polar surface area (TPSA) is 63.5 Å². The number of hydrogen-bond donors (Lipinski definition) is 2. The molecule has 0 amide bonds. The summed E-state index contributed by atoms with van der Waals surface area (Å²) in [6, 6.07) is 12.3. The van der Waals surface area contributed by atoms with Gasteiger partial charge in [0.1, 0.15) is 0 Å². The minimum absolute atomic E-state index is 0.805. The van der Waals surface area contributed by atoms with Gasteiger partial charge in [0, 0.05) is 61.4 Å². The highest BCUT2D eigenvalue weighted by Crippen LogP contribution is 2.31. The Morgan fingerprint density at radius 1 is 0.792 bits per heavy atom. The number of nitrogens with zero attached hydrogens (tertiary/aromatic N) is 3. The Hall–Kier alpha value is -2.24. The van der Waals surface area contributed by atoms with E-state index in [2.05, 4.69) is 45.7 Å². The van der Waals surface area contributed by atoms with Crippen molar-refractivity contribution in [2.24, 2.45) is 0 Å². The molecule has 0 bridgehead atoms. The highest BCUT2D eigenvalue weighted by Gasteiger charge is 2.15. The molecule has 1 saturated heterocycles. The maximum absolute atomic E-state index is 6.04. The van der Waals surface area contributed by atoms with Gasteiger partial charge in [0.25, 0.3) is 0 Å². The summed E-state index contributed by atoms with van der Waals surface area (Å²) in [5, 5.41) is 2.50. The van der Waals surface area contributed by atoms with Crippen LogP contribution in [0.5, 0.6) is 0 Å². The first-order valence-corrected chi connectivity index (χ1v) is 8.60. The minimum atomic E-state index is 0.805. The van der Waals surface area contributed by atoms with Crippen LogP contribution in [-0.2, 0) is 6.54 Å². The largest absolute Gasteiger partial charge is 0.399 e. The number of benzene rings is 2. The fraction of sp³-hybridized carbons (Fsp3) is 0.368. The van der Waals surface area contributed by atoms with Crippen LogP contribution in [-0.4, -0.2) is 54.1 Å². The lowest BCUT2D eigenvalue weighted by Gasteiger charge is -2.32. The van der Waals surface area contributed by atoms with E-state index in [1.165, 1.54) is 21.8 Å². The smallest absolute Gasteiger partial charge is 0.0512 e. The van der Waals surface area contributed by atoms with Crippen molar-refractivity contribution >= 4 is 33.2 Å². The van der Waals surface area contributed by atoms with Crippen molar-refractivity contribution in [2.45, 2.75) is 6.54 Å². The Morgan fingerprint density at radius 2 is 1.33 bits per heavy atom. The summed E-state index contributed by atoms with van der Waals surface area (Å²) in [6.45, 7) is 6.57. The lowest BCUT2D eigenvalue weighted by Crippen LogP contribution is -2.45. The van der Waals surface area contributed by atoms with Gasteiger partial charge in [-0.1, -0.05) is 12.1 Å². The van der Waals surface area contributed by atoms with Crippen LogP contribution in [0.4, 0.5) is 11.4 Å². The number of nitrogens with two attached hydrogens (primary N) is 2. The highest BCUT2D eigenvalue weighted by molar-refractivity contribution is 6.09. The third-order valence-electron chi connectivity index (χ3n) is 5.15. The second kappa shape index (κ2) is 6.00. The summed E-state index contributed by atoms with van der Waals surface area (Å²) >= 11 is 0. The van der Waals surface area contributed by atoms with Gasteiger partial charge in [0.15, 0.2) is 0 Å². The molecule has 5 nitrogen and oxygen atoms in total. The van der Waals surface area contributed by atoms with Gasteiger partial charge in [0.2, 0.25) is 0 Å². The van der Waals surface area contributed by atoms with Crippen LogP contribution >= 0.6 is 0 Å². The molecular formula is C19H25N5. The van der Waals surface area contributed by atoms with E-state index in [-0.39, 0.29) is 0 Å². The fourth-order valence-electron chi connectivity index (χ4n) is 3.68. The standard InChI is InChI=1S/C19H25N5/c1-22-6-8-23(9-7-22)10-11-24-18-12-14(20)2-4-16(18)17-5-3-15(21)13-19(17)24/h2-5,12-13H,6-11,20-21H2,1H3. The highest BCUT2D eigenvalue weighted by atomic mass is 15.3. The third kappa shape index (κ3) is 2.70. The first kappa shape index (κ1) is 15.3. The van der Waals surface area contributed by atoms with Crippen molar-refractivity contribution in [1.82, 2.24) is 14.4 Å². The minimum Gasteiger partial charge on any atom is -0.399 e. The quantitative estimate of drug-likeness (QED) is 0.726. The molecule has 0 aliphatic carbocycles. The number of likely N-dealkylation sites (N-methyl/N-ethyl adjacent to an activating group) is 1. The number of hydrogen-bond acceptors (Lipinski definition) is 4. The van der Waals surface area contributed by atoms with Gasteiger partial charge in [-0.15, -0.1) is 0 Å². The van der Waals surface area contributed by atoms with E-state index in [9.17, 15) is 0 Å². The van der Waals surface area contributed by atoms with E-state index in [1.807, 2.05) is 12.1 Å². The summed E-state index contributed by atoms with van der Waals surface area (Å²) < 4.78 is 2.37. The lowest BCUT2D eigenvalue weighted by atomic mass is 10.1. The monoisotopic (exact) mass is 323 g/mol. The van der Waals surface area contributed by atoms with Crippen molar-refractivity contribution in [3.63, 3.8) is 0 Å². The Morgan fingerprint density at radius 3 is 1.88 bits per heavy atom. The molecule has 4 rings (SSSR count). The normalized spacial score (nSPS) is 17.0. The number of aromatic nitrogens is 1. The van der Waals surface area contributed by atoms with Crippen LogP contribution in [0.1, 0.15) is 0 Å². The summed E-state index contributed by atoms with van der Waals surface area (Å²) in [5.41, 5.74) is 16.1. The molecule has 0 saturated carbocycles.